The summed E-state index contributed by atoms with van der Waals surface area (Å²) in [5.74, 6) is 0.124. The van der Waals surface area contributed by atoms with Gasteiger partial charge in [-0.05, 0) is 106 Å². The summed E-state index contributed by atoms with van der Waals surface area (Å²) in [6.07, 6.45) is 2.02. The number of urea groups is 1. The Kier molecular flexibility index (Phi) is 15.6. The van der Waals surface area contributed by atoms with Crippen LogP contribution in [0.3, 0.4) is 0 Å². The van der Waals surface area contributed by atoms with E-state index >= 15 is 4.39 Å². The first-order valence-electron chi connectivity index (χ1n) is 23.8. The molecule has 0 saturated carbocycles. The Bertz CT molecular complexity index is 3020. The molecule has 4 heterocycles. The van der Waals surface area contributed by atoms with Crippen molar-refractivity contribution in [3.63, 3.8) is 0 Å². The molecule has 5 amide bonds. The molecule has 2 saturated heterocycles. The van der Waals surface area contributed by atoms with Crippen molar-refractivity contribution in [3.05, 3.63) is 117 Å². The number of halogens is 3. The van der Waals surface area contributed by atoms with E-state index in [1.54, 1.807) is 36.4 Å². The van der Waals surface area contributed by atoms with Crippen LogP contribution in [0.2, 0.25) is 10.0 Å². The minimum Gasteiger partial charge on any atom is -0.508 e. The lowest BCUT2D eigenvalue weighted by molar-refractivity contribution is -0.136. The number of anilines is 3. The minimum atomic E-state index is -0.667. The van der Waals surface area contributed by atoms with E-state index in [1.165, 1.54) is 4.90 Å². The molecule has 0 spiro atoms. The summed E-state index contributed by atoms with van der Waals surface area (Å²) in [5.41, 5.74) is 4.20. The van der Waals surface area contributed by atoms with Crippen molar-refractivity contribution in [2.24, 2.45) is 5.92 Å². The van der Waals surface area contributed by atoms with Gasteiger partial charge in [-0.2, -0.15) is 4.98 Å². The third-order valence-electron chi connectivity index (χ3n) is 13.1. The van der Waals surface area contributed by atoms with Crippen LogP contribution in [-0.4, -0.2) is 94.2 Å². The second-order valence-corrected chi connectivity index (χ2v) is 20.0. The zero-order chi connectivity index (χ0) is 50.6. The number of hydrogen-bond donors (Lipinski definition) is 7. The van der Waals surface area contributed by atoms with Crippen LogP contribution in [0, 0.1) is 11.7 Å². The average molecular weight is 1010 g/mol. The highest BCUT2D eigenvalue weighted by Gasteiger charge is 2.39. The lowest BCUT2D eigenvalue weighted by Crippen LogP contribution is -2.52. The molecule has 3 aliphatic heterocycles. The van der Waals surface area contributed by atoms with Gasteiger partial charge in [0.15, 0.2) is 5.82 Å². The van der Waals surface area contributed by atoms with Gasteiger partial charge >= 0.3 is 6.03 Å². The first-order valence-corrected chi connectivity index (χ1v) is 24.6. The number of aromatic hydroxyl groups is 1. The molecule has 1 unspecified atom stereocenters. The summed E-state index contributed by atoms with van der Waals surface area (Å²) in [4.78, 5) is 62.0. The van der Waals surface area contributed by atoms with Gasteiger partial charge in [0.05, 0.1) is 5.02 Å². The molecular formula is C53H58Cl2FN9O6. The maximum atomic E-state index is 16.3. The van der Waals surface area contributed by atoms with Crippen molar-refractivity contribution in [3.8, 4) is 16.9 Å². The average Bonchev–Trinajstić information content (AvgIpc) is 3.65. The monoisotopic (exact) mass is 1010 g/mol. The van der Waals surface area contributed by atoms with Crippen molar-refractivity contribution in [2.45, 2.75) is 77.9 Å². The molecule has 372 valence electrons. The van der Waals surface area contributed by atoms with E-state index < -0.39 is 23.8 Å². The smallest absolute Gasteiger partial charge is 0.319 e. The van der Waals surface area contributed by atoms with Crippen molar-refractivity contribution in [1.82, 2.24) is 30.8 Å². The molecule has 18 heteroatoms. The summed E-state index contributed by atoms with van der Waals surface area (Å²) in [6.45, 7) is 12.7. The highest BCUT2D eigenvalue weighted by atomic mass is 35.5. The number of aliphatic hydroxyl groups excluding tert-OH is 1. The fraction of sp³-hybridized carbons (Fsp3) is 0.358. The van der Waals surface area contributed by atoms with Crippen LogP contribution in [0.5, 0.6) is 5.75 Å². The maximum Gasteiger partial charge on any atom is 0.319 e. The topological polar surface area (TPSA) is 201 Å². The number of piperidine rings is 1. The lowest BCUT2D eigenvalue weighted by atomic mass is 9.82. The van der Waals surface area contributed by atoms with Gasteiger partial charge in [0.25, 0.3) is 5.91 Å². The van der Waals surface area contributed by atoms with Crippen molar-refractivity contribution in [1.29, 1.82) is 0 Å². The van der Waals surface area contributed by atoms with Crippen molar-refractivity contribution < 1.29 is 33.8 Å². The molecule has 3 aliphatic rings. The number of nitrogens with one attached hydrogen (secondary N) is 5. The van der Waals surface area contributed by atoms with Gasteiger partial charge in [-0.25, -0.2) is 14.2 Å². The number of phenolic OH excluding ortho intramolecular Hbond substituents is 1. The Morgan fingerprint density at radius 2 is 1.73 bits per heavy atom. The van der Waals surface area contributed by atoms with Gasteiger partial charge in [0, 0.05) is 86.1 Å². The van der Waals surface area contributed by atoms with E-state index in [0.29, 0.717) is 64.3 Å². The van der Waals surface area contributed by atoms with Gasteiger partial charge < -0.3 is 41.3 Å². The van der Waals surface area contributed by atoms with Gasteiger partial charge in [0.2, 0.25) is 17.8 Å². The van der Waals surface area contributed by atoms with Crippen LogP contribution in [0.4, 0.5) is 26.6 Å². The van der Waals surface area contributed by atoms with Gasteiger partial charge in [-0.1, -0.05) is 87.3 Å². The second-order valence-electron chi connectivity index (χ2n) is 19.2. The number of phenols is 1. The zero-order valence-corrected chi connectivity index (χ0v) is 41.6. The quantitative estimate of drug-likeness (QED) is 0.0545. The van der Waals surface area contributed by atoms with Gasteiger partial charge in [0.1, 0.15) is 23.1 Å². The fourth-order valence-electron chi connectivity index (χ4n) is 9.17. The normalized spacial score (nSPS) is 16.0. The molecular weight excluding hydrogens is 949 g/mol. The van der Waals surface area contributed by atoms with Gasteiger partial charge in [-0.3, -0.25) is 19.7 Å². The third-order valence-corrected chi connectivity index (χ3v) is 13.6. The number of nitrogens with zero attached hydrogens (tertiary/aromatic N) is 4. The van der Waals surface area contributed by atoms with Crippen LogP contribution in [0.15, 0.2) is 78.9 Å². The number of aliphatic hydroxyl groups is 1. The molecule has 1 atom stereocenters. The first kappa shape index (κ1) is 50.8. The predicted octanol–water partition coefficient (Wildman–Crippen LogP) is 8.90. The van der Waals surface area contributed by atoms with Crippen LogP contribution in [0.1, 0.15) is 80.4 Å². The van der Waals surface area contributed by atoms with Gasteiger partial charge in [-0.15, -0.1) is 0 Å². The standard InChI is InChI=1S/C27H29ClFN5O.C26H29ClN4O5/c1-16(2)7-8-31-27-32-25-21(26(33-27)34-11-9-30-10-12-34)15-22(28)23(24(25)29)20-14-18(35)13-17-5-3-4-6-19(17)20;1-26(2,7-8-32)17-10-18(27)12-19(11-17)29-25(36)28-13-15-3-4-20-16(9-15)14-31(24(20)35)21-5-6-22(33)30-23(21)34/h3-6,13-16,30,35H,7-12H2,1-2H3,(H,31,32,33);3-4,9-12,21,32H,5-8,13-14H2,1-2H3,(H2,28,29,36)(H,30,33,34). The number of carbonyl (C=O) groups excluding carboxylic acids is 4. The van der Waals surface area contributed by atoms with E-state index in [4.69, 9.17) is 28.2 Å². The Balaban J connectivity index is 0.000000190. The number of hydrogen-bond acceptors (Lipinski definition) is 11. The fourth-order valence-corrected chi connectivity index (χ4v) is 9.70. The van der Waals surface area contributed by atoms with E-state index in [1.807, 2.05) is 56.3 Å². The molecule has 1 aromatic heterocycles. The van der Waals surface area contributed by atoms with E-state index in [2.05, 4.69) is 50.3 Å². The second kappa shape index (κ2) is 21.8. The maximum absolute atomic E-state index is 16.3. The molecule has 7 N–H and O–H groups in total. The number of carbonyl (C=O) groups is 4. The number of benzene rings is 5. The largest absolute Gasteiger partial charge is 0.508 e. The highest BCUT2D eigenvalue weighted by Crippen LogP contribution is 2.42. The molecule has 71 heavy (non-hydrogen) atoms. The number of rotatable bonds is 13. The van der Waals surface area contributed by atoms with E-state index in [0.717, 1.165) is 60.1 Å². The van der Waals surface area contributed by atoms with E-state index in [9.17, 15) is 29.4 Å². The molecule has 5 aromatic carbocycles. The Morgan fingerprint density at radius 3 is 2.48 bits per heavy atom. The number of imide groups is 1. The zero-order valence-electron chi connectivity index (χ0n) is 40.1. The summed E-state index contributed by atoms with van der Waals surface area (Å²) in [5, 5.41) is 37.1. The first-order chi connectivity index (χ1) is 34.0. The Morgan fingerprint density at radius 1 is 0.958 bits per heavy atom. The molecule has 0 radical (unpaired) electrons. The van der Waals surface area contributed by atoms with Crippen molar-refractivity contribution in [2.75, 3.05) is 54.9 Å². The summed E-state index contributed by atoms with van der Waals surface area (Å²) < 4.78 is 16.3. The summed E-state index contributed by atoms with van der Waals surface area (Å²) >= 11 is 13.0. The number of aromatic nitrogens is 2. The number of piperazine rings is 1. The molecule has 2 fully saturated rings. The molecule has 6 aromatic rings. The third kappa shape index (κ3) is 11.6. The van der Waals surface area contributed by atoms with Crippen LogP contribution < -0.4 is 31.5 Å². The van der Waals surface area contributed by atoms with Crippen molar-refractivity contribution >= 4 is 86.1 Å². The van der Waals surface area contributed by atoms with Crippen LogP contribution in [0.25, 0.3) is 32.8 Å². The highest BCUT2D eigenvalue weighted by molar-refractivity contribution is 6.35. The predicted molar refractivity (Wildman–Crippen MR) is 277 cm³/mol. The Hall–Kier alpha value is -6.59. The van der Waals surface area contributed by atoms with Crippen LogP contribution >= 0.6 is 23.2 Å². The summed E-state index contributed by atoms with van der Waals surface area (Å²) in [6, 6.07) is 22.1. The minimum absolute atomic E-state index is 0.0421. The molecule has 0 bridgehead atoms. The SMILES string of the molecule is CC(C)(CCO)c1cc(Cl)cc(NC(=O)NCc2ccc3c(c2)CN(C2CCC(=O)NC2=O)C3=O)c1.CC(C)CCNc1nc(N2CCNCC2)c2cc(Cl)c(-c3cc(O)cc4ccccc34)c(F)c2n1. The number of fused-ring (bicyclic) bond motifs is 3. The molecule has 15 nitrogen and oxygen atoms in total. The van der Waals surface area contributed by atoms with Crippen LogP contribution in [-0.2, 0) is 28.1 Å². The molecule has 0 aliphatic carbocycles. The Labute approximate surface area is 421 Å². The lowest BCUT2D eigenvalue weighted by Gasteiger charge is -2.29. The summed E-state index contributed by atoms with van der Waals surface area (Å²) in [7, 11) is 0. The number of amides is 5. The molecule has 9 rings (SSSR count). The van der Waals surface area contributed by atoms with E-state index in [-0.39, 0.29) is 65.2 Å².